The van der Waals surface area contributed by atoms with Gasteiger partial charge >= 0.3 is 0 Å². The molecular weight excluding hydrogens is 300 g/mol. The van der Waals surface area contributed by atoms with E-state index in [0.717, 1.165) is 37.5 Å². The topological polar surface area (TPSA) is 49.4 Å². The van der Waals surface area contributed by atoms with E-state index in [1.54, 1.807) is 0 Å². The van der Waals surface area contributed by atoms with E-state index < -0.39 is 0 Å². The zero-order valence-electron chi connectivity index (χ0n) is 13.0. The first kappa shape index (κ1) is 17.0. The number of carbonyl (C=O) groups is 2. The fraction of sp³-hybridized carbons (Fsp3) is 0.529. The van der Waals surface area contributed by atoms with E-state index in [-0.39, 0.29) is 17.7 Å². The first-order valence-corrected chi connectivity index (χ1v) is 8.16. The van der Waals surface area contributed by atoms with Crippen LogP contribution in [0, 0.1) is 0 Å². The van der Waals surface area contributed by atoms with E-state index in [2.05, 4.69) is 10.2 Å². The fourth-order valence-electron chi connectivity index (χ4n) is 2.75. The van der Waals surface area contributed by atoms with Gasteiger partial charge in [0.05, 0.1) is 0 Å². The fourth-order valence-corrected chi connectivity index (χ4v) is 2.88. The number of amides is 1. The van der Waals surface area contributed by atoms with Crippen LogP contribution >= 0.6 is 11.6 Å². The van der Waals surface area contributed by atoms with E-state index >= 15 is 0 Å². The molecule has 0 saturated carbocycles. The van der Waals surface area contributed by atoms with Crippen LogP contribution in [-0.4, -0.2) is 35.7 Å². The number of hydrogen-bond acceptors (Lipinski definition) is 3. The molecule has 2 rings (SSSR count). The molecule has 1 heterocycles. The number of nitrogens with zero attached hydrogens (tertiary/aromatic N) is 1. The monoisotopic (exact) mass is 322 g/mol. The van der Waals surface area contributed by atoms with Crippen LogP contribution in [0.2, 0.25) is 5.02 Å². The molecule has 0 aliphatic carbocycles. The minimum absolute atomic E-state index is 0.0199. The summed E-state index contributed by atoms with van der Waals surface area (Å²) >= 11 is 5.90. The molecule has 1 unspecified atom stereocenters. The van der Waals surface area contributed by atoms with Gasteiger partial charge in [0.15, 0.2) is 0 Å². The maximum atomic E-state index is 11.8. The second kappa shape index (κ2) is 8.30. The Bertz CT molecular complexity index is 516. The minimum Gasteiger partial charge on any atom is -0.352 e. The molecule has 1 atom stereocenters. The second-order valence-electron chi connectivity index (χ2n) is 5.97. The zero-order valence-corrected chi connectivity index (χ0v) is 13.7. The molecule has 1 aliphatic rings. The summed E-state index contributed by atoms with van der Waals surface area (Å²) in [5.41, 5.74) is 1.23. The number of rotatable bonds is 6. The van der Waals surface area contributed by atoms with Crippen LogP contribution in [0.25, 0.3) is 0 Å². The average molecular weight is 323 g/mol. The third-order valence-electron chi connectivity index (χ3n) is 3.89. The van der Waals surface area contributed by atoms with Gasteiger partial charge in [-0.15, -0.1) is 0 Å². The number of Topliss-reactive ketones (excluding diaryl/α,β-unsaturated/α-hetero) is 1. The van der Waals surface area contributed by atoms with Crippen molar-refractivity contribution < 1.29 is 9.59 Å². The second-order valence-corrected chi connectivity index (χ2v) is 6.41. The van der Waals surface area contributed by atoms with E-state index in [0.29, 0.717) is 12.8 Å². The minimum atomic E-state index is -0.0199. The Hall–Kier alpha value is -1.39. The van der Waals surface area contributed by atoms with Gasteiger partial charge in [-0.1, -0.05) is 23.7 Å². The van der Waals surface area contributed by atoms with Crippen LogP contribution in [0.1, 0.15) is 38.2 Å². The molecule has 1 saturated heterocycles. The maximum Gasteiger partial charge on any atom is 0.220 e. The number of piperidine rings is 1. The van der Waals surface area contributed by atoms with Gasteiger partial charge in [-0.25, -0.2) is 0 Å². The number of nitrogens with one attached hydrogen (secondary N) is 1. The molecule has 0 radical (unpaired) electrons. The number of carbonyl (C=O) groups excluding carboxylic acids is 2. The molecule has 22 heavy (non-hydrogen) atoms. The molecule has 1 aromatic rings. The van der Waals surface area contributed by atoms with Crippen LogP contribution in [0.5, 0.6) is 0 Å². The highest BCUT2D eigenvalue weighted by Crippen LogP contribution is 2.16. The van der Waals surface area contributed by atoms with E-state index in [4.69, 9.17) is 11.6 Å². The average Bonchev–Trinajstić information content (AvgIpc) is 2.48. The largest absolute Gasteiger partial charge is 0.352 e. The lowest BCUT2D eigenvalue weighted by Gasteiger charge is -2.33. The van der Waals surface area contributed by atoms with Gasteiger partial charge in [-0.05, 0) is 44.0 Å². The first-order chi connectivity index (χ1) is 10.5. The van der Waals surface area contributed by atoms with Gasteiger partial charge in [0.25, 0.3) is 0 Å². The summed E-state index contributed by atoms with van der Waals surface area (Å²) in [5, 5.41) is 3.79. The molecule has 5 heteroatoms. The van der Waals surface area contributed by atoms with E-state index in [1.165, 1.54) is 12.5 Å². The third kappa shape index (κ3) is 5.78. The summed E-state index contributed by atoms with van der Waals surface area (Å²) in [7, 11) is 0. The molecule has 4 nitrogen and oxygen atoms in total. The summed E-state index contributed by atoms with van der Waals surface area (Å²) in [6.45, 7) is 4.29. The quantitative estimate of drug-likeness (QED) is 0.876. The molecule has 0 aromatic heterocycles. The normalized spacial score (nSPS) is 18.9. The van der Waals surface area contributed by atoms with Crippen molar-refractivity contribution in [1.29, 1.82) is 0 Å². The molecule has 1 aromatic carbocycles. The SMILES string of the molecule is CC(=O)CCC(=O)NC1CCCN(Cc2ccc(Cl)cc2)C1. The molecule has 120 valence electrons. The van der Waals surface area contributed by atoms with Crippen molar-refractivity contribution in [1.82, 2.24) is 10.2 Å². The highest BCUT2D eigenvalue weighted by atomic mass is 35.5. The van der Waals surface area contributed by atoms with Crippen molar-refractivity contribution in [2.45, 2.75) is 45.2 Å². The van der Waals surface area contributed by atoms with Crippen molar-refractivity contribution in [2.24, 2.45) is 0 Å². The van der Waals surface area contributed by atoms with Crippen molar-refractivity contribution in [2.75, 3.05) is 13.1 Å². The predicted molar refractivity (Wildman–Crippen MR) is 87.8 cm³/mol. The van der Waals surface area contributed by atoms with Gasteiger partial charge in [-0.2, -0.15) is 0 Å². The Morgan fingerprint density at radius 3 is 2.68 bits per heavy atom. The number of ketones is 1. The van der Waals surface area contributed by atoms with Crippen molar-refractivity contribution in [3.05, 3.63) is 34.9 Å². The number of benzene rings is 1. The van der Waals surface area contributed by atoms with Crippen molar-refractivity contribution in [3.63, 3.8) is 0 Å². The van der Waals surface area contributed by atoms with Crippen LogP contribution in [0.15, 0.2) is 24.3 Å². The molecule has 1 N–H and O–H groups in total. The van der Waals surface area contributed by atoms with Gasteiger partial charge < -0.3 is 10.1 Å². The van der Waals surface area contributed by atoms with Gasteiger partial charge in [0.1, 0.15) is 5.78 Å². The van der Waals surface area contributed by atoms with E-state index in [9.17, 15) is 9.59 Å². The molecule has 1 amide bonds. The molecule has 0 bridgehead atoms. The maximum absolute atomic E-state index is 11.8. The molecule has 1 fully saturated rings. The lowest BCUT2D eigenvalue weighted by atomic mass is 10.0. The Balaban J connectivity index is 1.79. The van der Waals surface area contributed by atoms with Gasteiger partial charge in [0.2, 0.25) is 5.91 Å². The Morgan fingerprint density at radius 1 is 1.27 bits per heavy atom. The van der Waals surface area contributed by atoms with Crippen LogP contribution in [0.4, 0.5) is 0 Å². The number of halogens is 1. The zero-order chi connectivity index (χ0) is 15.9. The molecular formula is C17H23ClN2O2. The molecule has 1 aliphatic heterocycles. The standard InChI is InChI=1S/C17H23ClN2O2/c1-13(21)4-9-17(22)19-16-3-2-10-20(12-16)11-14-5-7-15(18)8-6-14/h5-8,16H,2-4,9-12H2,1H3,(H,19,22). The summed E-state index contributed by atoms with van der Waals surface area (Å²) in [6, 6.07) is 8.07. The Morgan fingerprint density at radius 2 is 2.00 bits per heavy atom. The lowest BCUT2D eigenvalue weighted by molar-refractivity contribution is -0.125. The first-order valence-electron chi connectivity index (χ1n) is 7.78. The van der Waals surface area contributed by atoms with Gasteiger partial charge in [-0.3, -0.25) is 9.69 Å². The van der Waals surface area contributed by atoms with Crippen molar-refractivity contribution >= 4 is 23.3 Å². The smallest absolute Gasteiger partial charge is 0.220 e. The van der Waals surface area contributed by atoms with Crippen LogP contribution in [0.3, 0.4) is 0 Å². The number of likely N-dealkylation sites (tertiary alicyclic amines) is 1. The third-order valence-corrected chi connectivity index (χ3v) is 4.15. The summed E-state index contributed by atoms with van der Waals surface area (Å²) < 4.78 is 0. The highest BCUT2D eigenvalue weighted by molar-refractivity contribution is 6.30. The summed E-state index contributed by atoms with van der Waals surface area (Å²) in [6.07, 6.45) is 2.70. The Labute approximate surface area is 136 Å². The molecule has 0 spiro atoms. The highest BCUT2D eigenvalue weighted by Gasteiger charge is 2.21. The van der Waals surface area contributed by atoms with Gasteiger partial charge in [0, 0.05) is 37.0 Å². The summed E-state index contributed by atoms with van der Waals surface area (Å²) in [5.74, 6) is 0.0386. The van der Waals surface area contributed by atoms with Crippen molar-refractivity contribution in [3.8, 4) is 0 Å². The number of hydrogen-bond donors (Lipinski definition) is 1. The van der Waals surface area contributed by atoms with Crippen LogP contribution < -0.4 is 5.32 Å². The van der Waals surface area contributed by atoms with E-state index in [1.807, 2.05) is 24.3 Å². The predicted octanol–water partition coefficient (Wildman–Crippen LogP) is 2.79. The van der Waals surface area contributed by atoms with Crippen LogP contribution in [-0.2, 0) is 16.1 Å². The Kier molecular flexibility index (Phi) is 6.40. The lowest BCUT2D eigenvalue weighted by Crippen LogP contribution is -2.47. The summed E-state index contributed by atoms with van der Waals surface area (Å²) in [4.78, 5) is 25.1.